The summed E-state index contributed by atoms with van der Waals surface area (Å²) in [6.45, 7) is 3.93. The molecule has 1 aromatic carbocycles. The van der Waals surface area contributed by atoms with E-state index < -0.39 is 10.8 Å². The first-order chi connectivity index (χ1) is 7.91. The maximum Gasteiger partial charge on any atom is 0.251 e. The van der Waals surface area contributed by atoms with Crippen molar-refractivity contribution in [2.24, 2.45) is 0 Å². The molecule has 17 heavy (non-hydrogen) atoms. The van der Waals surface area contributed by atoms with Gasteiger partial charge in [-0.2, -0.15) is 0 Å². The van der Waals surface area contributed by atoms with Crippen LogP contribution in [0.25, 0.3) is 0 Å². The molecule has 2 unspecified atom stereocenters. The van der Waals surface area contributed by atoms with Crippen molar-refractivity contribution in [1.82, 2.24) is 5.32 Å². The highest BCUT2D eigenvalue weighted by Crippen LogP contribution is 2.17. The Morgan fingerprint density at radius 3 is 2.71 bits per heavy atom. The van der Waals surface area contributed by atoms with Gasteiger partial charge in [-0.05, 0) is 31.5 Å². The van der Waals surface area contributed by atoms with Crippen molar-refractivity contribution in [2.75, 3.05) is 12.8 Å². The Morgan fingerprint density at radius 2 is 2.18 bits per heavy atom. The largest absolute Gasteiger partial charge is 0.508 e. The average molecular weight is 255 g/mol. The standard InChI is InChI=1S/C12H17NO3S/c1-8-4-5-10(6-11(8)14)12(15)13-7-9(2)17(3)16/h4-6,9,14H,7H2,1-3H3,(H,13,15). The molecule has 0 aromatic heterocycles. The molecule has 0 aliphatic carbocycles. The van der Waals surface area contributed by atoms with Crippen LogP contribution in [0.5, 0.6) is 5.75 Å². The van der Waals surface area contributed by atoms with Crippen molar-refractivity contribution in [2.45, 2.75) is 19.1 Å². The predicted molar refractivity (Wildman–Crippen MR) is 68.7 cm³/mol. The average Bonchev–Trinajstić information content (AvgIpc) is 2.28. The van der Waals surface area contributed by atoms with Crippen LogP contribution in [-0.4, -0.2) is 33.3 Å². The summed E-state index contributed by atoms with van der Waals surface area (Å²) >= 11 is 0. The molecule has 0 saturated carbocycles. The summed E-state index contributed by atoms with van der Waals surface area (Å²) in [5.41, 5.74) is 1.13. The van der Waals surface area contributed by atoms with Crippen LogP contribution in [0.1, 0.15) is 22.8 Å². The fourth-order valence-electron chi connectivity index (χ4n) is 1.21. The smallest absolute Gasteiger partial charge is 0.251 e. The van der Waals surface area contributed by atoms with Crippen molar-refractivity contribution >= 4 is 16.7 Å². The molecule has 5 heteroatoms. The van der Waals surface area contributed by atoms with E-state index in [-0.39, 0.29) is 16.9 Å². The van der Waals surface area contributed by atoms with Crippen LogP contribution < -0.4 is 5.32 Å². The molecule has 1 rings (SSSR count). The molecule has 4 nitrogen and oxygen atoms in total. The number of benzene rings is 1. The van der Waals surface area contributed by atoms with Crippen LogP contribution in [0.3, 0.4) is 0 Å². The van der Waals surface area contributed by atoms with Gasteiger partial charge in [-0.1, -0.05) is 6.07 Å². The van der Waals surface area contributed by atoms with Gasteiger partial charge in [0, 0.05) is 34.4 Å². The van der Waals surface area contributed by atoms with Crippen molar-refractivity contribution in [3.8, 4) is 5.75 Å². The summed E-state index contributed by atoms with van der Waals surface area (Å²) < 4.78 is 11.1. The monoisotopic (exact) mass is 255 g/mol. The summed E-state index contributed by atoms with van der Waals surface area (Å²) in [5.74, 6) is -0.164. The minimum atomic E-state index is -0.955. The van der Waals surface area contributed by atoms with Gasteiger partial charge < -0.3 is 10.4 Å². The first-order valence-corrected chi connectivity index (χ1v) is 6.94. The number of nitrogens with one attached hydrogen (secondary N) is 1. The quantitative estimate of drug-likeness (QED) is 0.849. The molecule has 0 heterocycles. The molecule has 2 N–H and O–H groups in total. The van der Waals surface area contributed by atoms with E-state index in [9.17, 15) is 14.1 Å². The van der Waals surface area contributed by atoms with E-state index >= 15 is 0 Å². The van der Waals surface area contributed by atoms with Gasteiger partial charge in [0.25, 0.3) is 5.91 Å². The van der Waals surface area contributed by atoms with Gasteiger partial charge in [0.05, 0.1) is 0 Å². The third-order valence-electron chi connectivity index (χ3n) is 2.59. The highest BCUT2D eigenvalue weighted by atomic mass is 32.2. The van der Waals surface area contributed by atoms with Gasteiger partial charge in [-0.15, -0.1) is 0 Å². The highest BCUT2D eigenvalue weighted by molar-refractivity contribution is 7.84. The normalized spacial score (nSPS) is 14.1. The fraction of sp³-hybridized carbons (Fsp3) is 0.417. The number of hydrogen-bond donors (Lipinski definition) is 2. The Morgan fingerprint density at radius 1 is 1.53 bits per heavy atom. The summed E-state index contributed by atoms with van der Waals surface area (Å²) in [5, 5.41) is 12.1. The number of carbonyl (C=O) groups is 1. The second kappa shape index (κ2) is 5.82. The van der Waals surface area contributed by atoms with Crippen LogP contribution >= 0.6 is 0 Å². The van der Waals surface area contributed by atoms with Gasteiger partial charge >= 0.3 is 0 Å². The Labute approximate surface area is 104 Å². The van der Waals surface area contributed by atoms with Gasteiger partial charge in [0.15, 0.2) is 0 Å². The first kappa shape index (κ1) is 13.7. The molecular formula is C12H17NO3S. The van der Waals surface area contributed by atoms with E-state index in [0.717, 1.165) is 5.56 Å². The van der Waals surface area contributed by atoms with Crippen LogP contribution in [0.2, 0.25) is 0 Å². The summed E-state index contributed by atoms with van der Waals surface area (Å²) in [6.07, 6.45) is 1.61. The van der Waals surface area contributed by atoms with Crippen molar-refractivity contribution < 1.29 is 14.1 Å². The zero-order valence-electron chi connectivity index (χ0n) is 10.2. The number of amides is 1. The topological polar surface area (TPSA) is 66.4 Å². The Bertz CT molecular complexity index is 445. The van der Waals surface area contributed by atoms with Gasteiger partial charge in [-0.25, -0.2) is 0 Å². The molecule has 0 spiro atoms. The van der Waals surface area contributed by atoms with Gasteiger partial charge in [0.2, 0.25) is 0 Å². The third kappa shape index (κ3) is 3.85. The number of phenolic OH excluding ortho intramolecular Hbond substituents is 1. The SMILES string of the molecule is Cc1ccc(C(=O)NCC(C)S(C)=O)cc1O. The van der Waals surface area contributed by atoms with E-state index in [0.29, 0.717) is 12.1 Å². The van der Waals surface area contributed by atoms with Gasteiger partial charge in [0.1, 0.15) is 5.75 Å². The Hall–Kier alpha value is -1.36. The Balaban J connectivity index is 2.64. The minimum Gasteiger partial charge on any atom is -0.508 e. The molecule has 0 saturated heterocycles. The van der Waals surface area contributed by atoms with E-state index in [4.69, 9.17) is 0 Å². The van der Waals surface area contributed by atoms with Crippen molar-refractivity contribution in [3.05, 3.63) is 29.3 Å². The highest BCUT2D eigenvalue weighted by Gasteiger charge is 2.11. The lowest BCUT2D eigenvalue weighted by Gasteiger charge is -2.10. The van der Waals surface area contributed by atoms with Crippen LogP contribution in [0.4, 0.5) is 0 Å². The zero-order chi connectivity index (χ0) is 13.0. The molecular weight excluding hydrogens is 238 g/mol. The molecule has 0 radical (unpaired) electrons. The maximum atomic E-state index is 11.7. The molecule has 1 aromatic rings. The fourth-order valence-corrected chi connectivity index (χ4v) is 1.52. The van der Waals surface area contributed by atoms with E-state index in [1.165, 1.54) is 6.07 Å². The number of carbonyl (C=O) groups excluding carboxylic acids is 1. The van der Waals surface area contributed by atoms with Crippen LogP contribution in [-0.2, 0) is 10.8 Å². The summed E-state index contributed by atoms with van der Waals surface area (Å²) in [6, 6.07) is 4.77. The van der Waals surface area contributed by atoms with Crippen LogP contribution in [0.15, 0.2) is 18.2 Å². The minimum absolute atomic E-state index is 0.0852. The number of hydrogen-bond acceptors (Lipinski definition) is 3. The molecule has 2 atom stereocenters. The molecule has 0 aliphatic heterocycles. The molecule has 0 aliphatic rings. The second-order valence-corrected chi connectivity index (χ2v) is 5.82. The molecule has 94 valence electrons. The van der Waals surface area contributed by atoms with Crippen LogP contribution in [0, 0.1) is 6.92 Å². The predicted octanol–water partition coefficient (Wildman–Crippen LogP) is 1.20. The van der Waals surface area contributed by atoms with E-state index in [2.05, 4.69) is 5.32 Å². The van der Waals surface area contributed by atoms with Crippen molar-refractivity contribution in [3.63, 3.8) is 0 Å². The summed E-state index contributed by atoms with van der Waals surface area (Å²) in [4.78, 5) is 11.7. The zero-order valence-corrected chi connectivity index (χ0v) is 11.0. The first-order valence-electron chi connectivity index (χ1n) is 5.32. The lowest BCUT2D eigenvalue weighted by molar-refractivity contribution is 0.0953. The number of rotatable bonds is 4. The van der Waals surface area contributed by atoms with E-state index in [1.54, 1.807) is 25.3 Å². The Kier molecular flexibility index (Phi) is 4.69. The molecule has 0 fully saturated rings. The third-order valence-corrected chi connectivity index (χ3v) is 3.89. The number of phenols is 1. The second-order valence-electron chi connectivity index (χ2n) is 4.02. The van der Waals surface area contributed by atoms with Crippen molar-refractivity contribution in [1.29, 1.82) is 0 Å². The lowest BCUT2D eigenvalue weighted by Crippen LogP contribution is -2.32. The summed E-state index contributed by atoms with van der Waals surface area (Å²) in [7, 11) is -0.955. The number of aromatic hydroxyl groups is 1. The molecule has 1 amide bonds. The molecule has 0 bridgehead atoms. The van der Waals surface area contributed by atoms with E-state index in [1.807, 2.05) is 6.92 Å². The lowest BCUT2D eigenvalue weighted by atomic mass is 10.1. The van der Waals surface area contributed by atoms with Gasteiger partial charge in [-0.3, -0.25) is 9.00 Å². The number of aryl methyl sites for hydroxylation is 1. The maximum absolute atomic E-state index is 11.7.